The molecule has 0 fully saturated rings. The Bertz CT molecular complexity index is 276. The van der Waals surface area contributed by atoms with Gasteiger partial charge in [-0.1, -0.05) is 57.7 Å². The van der Waals surface area contributed by atoms with Crippen molar-refractivity contribution in [2.45, 2.75) is 26.2 Å². The Balaban J connectivity index is 3.23. The predicted octanol–water partition coefficient (Wildman–Crippen LogP) is 3.43. The van der Waals surface area contributed by atoms with Crippen molar-refractivity contribution in [1.29, 1.82) is 0 Å². The van der Waals surface area contributed by atoms with Crippen molar-refractivity contribution in [2.24, 2.45) is 0 Å². The third kappa shape index (κ3) is 1.76. The van der Waals surface area contributed by atoms with E-state index in [4.69, 9.17) is 6.58 Å². The van der Waals surface area contributed by atoms with Crippen LogP contribution in [0.4, 0.5) is 0 Å². The molecule has 0 nitrogen and oxygen atoms in total. The van der Waals surface area contributed by atoms with Gasteiger partial charge in [0.25, 0.3) is 0 Å². The fourth-order valence-electron chi connectivity index (χ4n) is 1.33. The second-order valence-corrected chi connectivity index (χ2v) is 4.00. The van der Waals surface area contributed by atoms with Crippen LogP contribution in [0.25, 0.3) is 6.08 Å². The smallest absolute Gasteiger partial charge is 0.0126 e. The molecule has 0 amide bonds. The molecule has 1 aromatic carbocycles. The highest BCUT2D eigenvalue weighted by Crippen LogP contribution is 2.25. The van der Waals surface area contributed by atoms with E-state index in [9.17, 15) is 0 Å². The first-order chi connectivity index (χ1) is 5.55. The normalized spacial score (nSPS) is 11.2. The number of rotatable bonds is 1. The first kappa shape index (κ1) is 9.05. The molecule has 0 saturated heterocycles. The highest BCUT2D eigenvalue weighted by atomic mass is 14.2. The third-order valence-corrected chi connectivity index (χ3v) is 1.95. The molecular formula is C12H15. The topological polar surface area (TPSA) is 0 Å². The Morgan fingerprint density at radius 1 is 1.17 bits per heavy atom. The lowest BCUT2D eigenvalue weighted by Crippen LogP contribution is -2.12. The minimum atomic E-state index is 0.173. The lowest BCUT2D eigenvalue weighted by atomic mass is 9.84. The fourth-order valence-corrected chi connectivity index (χ4v) is 1.33. The maximum Gasteiger partial charge on any atom is -0.0126 e. The first-order valence-electron chi connectivity index (χ1n) is 4.20. The molecule has 0 saturated carbocycles. The number of benzene rings is 1. The molecular weight excluding hydrogens is 144 g/mol. The van der Waals surface area contributed by atoms with E-state index in [1.807, 2.05) is 18.2 Å². The Morgan fingerprint density at radius 2 is 1.75 bits per heavy atom. The molecule has 0 heteroatoms. The summed E-state index contributed by atoms with van der Waals surface area (Å²) in [5.41, 5.74) is 2.60. The summed E-state index contributed by atoms with van der Waals surface area (Å²) in [4.78, 5) is 0. The van der Waals surface area contributed by atoms with E-state index < -0.39 is 0 Å². The molecule has 0 heterocycles. The second-order valence-electron chi connectivity index (χ2n) is 4.00. The quantitative estimate of drug-likeness (QED) is 0.589. The van der Waals surface area contributed by atoms with Crippen molar-refractivity contribution in [3.05, 3.63) is 42.0 Å². The Labute approximate surface area is 74.9 Å². The summed E-state index contributed by atoms with van der Waals surface area (Å²) in [6, 6.07) is 8.22. The van der Waals surface area contributed by atoms with Crippen LogP contribution < -0.4 is 0 Å². The summed E-state index contributed by atoms with van der Waals surface area (Å²) in [6.07, 6.45) is 1.67. The molecule has 12 heavy (non-hydrogen) atoms. The zero-order valence-electron chi connectivity index (χ0n) is 7.96. The number of hydrogen-bond donors (Lipinski definition) is 0. The van der Waals surface area contributed by atoms with Gasteiger partial charge in [-0.25, -0.2) is 0 Å². The molecule has 0 unspecified atom stereocenters. The summed E-state index contributed by atoms with van der Waals surface area (Å²) in [7, 11) is 0. The van der Waals surface area contributed by atoms with Crippen LogP contribution in [0.5, 0.6) is 0 Å². The molecule has 0 aliphatic carbocycles. The van der Waals surface area contributed by atoms with Gasteiger partial charge in [0.2, 0.25) is 0 Å². The molecule has 63 valence electrons. The van der Waals surface area contributed by atoms with E-state index in [0.29, 0.717) is 0 Å². The SMILES string of the molecule is [CH]=Cc1ccccc1C(C)(C)C. The summed E-state index contributed by atoms with van der Waals surface area (Å²) in [5, 5.41) is 0. The zero-order chi connectivity index (χ0) is 9.19. The monoisotopic (exact) mass is 159 g/mol. The van der Waals surface area contributed by atoms with Crippen LogP contribution in [0.15, 0.2) is 24.3 Å². The first-order valence-corrected chi connectivity index (χ1v) is 4.20. The highest BCUT2D eigenvalue weighted by molar-refractivity contribution is 5.52. The van der Waals surface area contributed by atoms with Gasteiger partial charge in [0.15, 0.2) is 0 Å². The zero-order valence-corrected chi connectivity index (χ0v) is 7.96. The third-order valence-electron chi connectivity index (χ3n) is 1.95. The molecule has 0 N–H and O–H groups in total. The van der Waals surface area contributed by atoms with Crippen molar-refractivity contribution in [3.63, 3.8) is 0 Å². The Morgan fingerprint density at radius 3 is 2.17 bits per heavy atom. The van der Waals surface area contributed by atoms with Gasteiger partial charge >= 0.3 is 0 Å². The molecule has 0 aromatic heterocycles. The van der Waals surface area contributed by atoms with Crippen LogP contribution in [0.3, 0.4) is 0 Å². The van der Waals surface area contributed by atoms with Crippen molar-refractivity contribution in [2.75, 3.05) is 0 Å². The maximum absolute atomic E-state index is 5.52. The molecule has 0 aliphatic rings. The van der Waals surface area contributed by atoms with Gasteiger partial charge in [-0.15, -0.1) is 0 Å². The van der Waals surface area contributed by atoms with E-state index in [0.717, 1.165) is 5.56 Å². The molecule has 0 bridgehead atoms. The standard InChI is InChI=1S/C12H15/c1-5-10-8-6-7-9-11(10)12(2,3)4/h1,5-9H,2-4H3. The van der Waals surface area contributed by atoms with Gasteiger partial charge in [-0.3, -0.25) is 0 Å². The molecule has 1 aromatic rings. The second kappa shape index (κ2) is 3.14. The molecule has 0 spiro atoms. The summed E-state index contributed by atoms with van der Waals surface area (Å²) in [6.45, 7) is 12.1. The molecule has 0 aliphatic heterocycles. The summed E-state index contributed by atoms with van der Waals surface area (Å²) in [5.74, 6) is 0. The van der Waals surface area contributed by atoms with E-state index in [1.165, 1.54) is 5.56 Å². The Hall–Kier alpha value is -1.04. The Kier molecular flexibility index (Phi) is 2.37. The van der Waals surface area contributed by atoms with E-state index in [1.54, 1.807) is 6.08 Å². The predicted molar refractivity (Wildman–Crippen MR) is 53.9 cm³/mol. The van der Waals surface area contributed by atoms with Crippen LogP contribution in [0.2, 0.25) is 0 Å². The van der Waals surface area contributed by atoms with Crippen LogP contribution in [-0.2, 0) is 5.41 Å². The van der Waals surface area contributed by atoms with E-state index in [-0.39, 0.29) is 5.41 Å². The van der Waals surface area contributed by atoms with Crippen LogP contribution in [-0.4, -0.2) is 0 Å². The van der Waals surface area contributed by atoms with Gasteiger partial charge in [0.1, 0.15) is 0 Å². The lowest BCUT2D eigenvalue weighted by Gasteiger charge is -2.21. The number of hydrogen-bond acceptors (Lipinski definition) is 0. The largest absolute Gasteiger partial charge is 0.0619 e. The molecule has 1 rings (SSSR count). The average Bonchev–Trinajstić information content (AvgIpc) is 2.03. The average molecular weight is 159 g/mol. The lowest BCUT2D eigenvalue weighted by molar-refractivity contribution is 0.589. The highest BCUT2D eigenvalue weighted by Gasteiger charge is 2.15. The van der Waals surface area contributed by atoms with Crippen molar-refractivity contribution in [3.8, 4) is 0 Å². The van der Waals surface area contributed by atoms with Crippen LogP contribution in [0, 0.1) is 6.58 Å². The molecule has 1 radical (unpaired) electrons. The van der Waals surface area contributed by atoms with Gasteiger partial charge in [0.05, 0.1) is 0 Å². The molecule has 0 atom stereocenters. The minimum Gasteiger partial charge on any atom is -0.0619 e. The van der Waals surface area contributed by atoms with Gasteiger partial charge in [0, 0.05) is 0 Å². The van der Waals surface area contributed by atoms with Crippen molar-refractivity contribution < 1.29 is 0 Å². The maximum atomic E-state index is 5.52. The van der Waals surface area contributed by atoms with Gasteiger partial charge in [-0.05, 0) is 16.5 Å². The van der Waals surface area contributed by atoms with Crippen molar-refractivity contribution >= 4 is 6.08 Å². The van der Waals surface area contributed by atoms with Crippen molar-refractivity contribution in [1.82, 2.24) is 0 Å². The van der Waals surface area contributed by atoms with Gasteiger partial charge < -0.3 is 0 Å². The van der Waals surface area contributed by atoms with E-state index >= 15 is 0 Å². The van der Waals surface area contributed by atoms with E-state index in [2.05, 4.69) is 26.8 Å². The van der Waals surface area contributed by atoms with Crippen LogP contribution in [0.1, 0.15) is 31.9 Å². The fraction of sp³-hybridized carbons (Fsp3) is 0.333. The summed E-state index contributed by atoms with van der Waals surface area (Å²) < 4.78 is 0. The van der Waals surface area contributed by atoms with Crippen LogP contribution >= 0.6 is 0 Å². The van der Waals surface area contributed by atoms with Gasteiger partial charge in [-0.2, -0.15) is 0 Å². The minimum absolute atomic E-state index is 0.173. The summed E-state index contributed by atoms with van der Waals surface area (Å²) >= 11 is 0.